The Balaban J connectivity index is 2.22. The van der Waals surface area contributed by atoms with Crippen molar-refractivity contribution in [2.45, 2.75) is 19.1 Å². The summed E-state index contributed by atoms with van der Waals surface area (Å²) < 4.78 is 0. The maximum Gasteiger partial charge on any atom is 0.254 e. The van der Waals surface area contributed by atoms with Gasteiger partial charge < -0.3 is 10.6 Å². The number of rotatable bonds is 1. The molecule has 1 atom stereocenters. The lowest BCUT2D eigenvalue weighted by Crippen LogP contribution is -2.41. The van der Waals surface area contributed by atoms with E-state index in [9.17, 15) is 4.79 Å². The van der Waals surface area contributed by atoms with Gasteiger partial charge in [-0.05, 0) is 24.6 Å². The standard InChI is InChI=1S/C13H18N2OS/c1-9-8-15(6-7-17-9)13(16)11-4-3-5-12(14)10(11)2/h3-5,9H,6-8,14H2,1-2H3. The largest absolute Gasteiger partial charge is 0.398 e. The molecule has 1 aliphatic heterocycles. The number of hydrogen-bond acceptors (Lipinski definition) is 3. The average molecular weight is 250 g/mol. The molecule has 0 aliphatic carbocycles. The Morgan fingerprint density at radius 1 is 1.53 bits per heavy atom. The van der Waals surface area contributed by atoms with Gasteiger partial charge in [0.1, 0.15) is 0 Å². The topological polar surface area (TPSA) is 46.3 Å². The van der Waals surface area contributed by atoms with E-state index in [-0.39, 0.29) is 5.91 Å². The van der Waals surface area contributed by atoms with E-state index in [1.807, 2.05) is 41.8 Å². The van der Waals surface area contributed by atoms with E-state index >= 15 is 0 Å². The molecule has 17 heavy (non-hydrogen) atoms. The Morgan fingerprint density at radius 3 is 3.00 bits per heavy atom. The maximum atomic E-state index is 12.4. The van der Waals surface area contributed by atoms with Crippen molar-refractivity contribution >= 4 is 23.4 Å². The molecule has 0 saturated carbocycles. The van der Waals surface area contributed by atoms with Crippen molar-refractivity contribution in [1.82, 2.24) is 4.90 Å². The molecule has 1 heterocycles. The van der Waals surface area contributed by atoms with Gasteiger partial charge in [0.05, 0.1) is 0 Å². The quantitative estimate of drug-likeness (QED) is 0.777. The third kappa shape index (κ3) is 2.57. The second-order valence-electron chi connectivity index (χ2n) is 4.45. The third-order valence-electron chi connectivity index (χ3n) is 3.13. The van der Waals surface area contributed by atoms with E-state index in [0.29, 0.717) is 10.9 Å². The van der Waals surface area contributed by atoms with Crippen LogP contribution in [-0.2, 0) is 0 Å². The summed E-state index contributed by atoms with van der Waals surface area (Å²) in [5, 5.41) is 0.522. The van der Waals surface area contributed by atoms with Gasteiger partial charge in [0.2, 0.25) is 0 Å². The van der Waals surface area contributed by atoms with Crippen LogP contribution in [0.3, 0.4) is 0 Å². The Kier molecular flexibility index (Phi) is 3.62. The maximum absolute atomic E-state index is 12.4. The van der Waals surface area contributed by atoms with Crippen LogP contribution in [0.15, 0.2) is 18.2 Å². The van der Waals surface area contributed by atoms with Crippen LogP contribution in [0.2, 0.25) is 0 Å². The van der Waals surface area contributed by atoms with Crippen LogP contribution in [0.1, 0.15) is 22.8 Å². The van der Waals surface area contributed by atoms with Crippen LogP contribution in [0, 0.1) is 6.92 Å². The van der Waals surface area contributed by atoms with E-state index in [0.717, 1.165) is 30.0 Å². The van der Waals surface area contributed by atoms with Crippen molar-refractivity contribution in [1.29, 1.82) is 0 Å². The van der Waals surface area contributed by atoms with Gasteiger partial charge in [0.25, 0.3) is 5.91 Å². The molecule has 1 aromatic carbocycles. The number of anilines is 1. The molecule has 4 heteroatoms. The molecular weight excluding hydrogens is 232 g/mol. The summed E-state index contributed by atoms with van der Waals surface area (Å²) in [6.07, 6.45) is 0. The van der Waals surface area contributed by atoms with Crippen molar-refractivity contribution < 1.29 is 4.79 Å². The summed E-state index contributed by atoms with van der Waals surface area (Å²) in [6, 6.07) is 5.54. The van der Waals surface area contributed by atoms with E-state index in [1.54, 1.807) is 0 Å². The molecule has 1 aliphatic rings. The molecule has 1 saturated heterocycles. The predicted octanol–water partition coefficient (Wildman–Crippen LogP) is 2.15. The number of nitrogen functional groups attached to an aromatic ring is 1. The molecule has 92 valence electrons. The summed E-state index contributed by atoms with van der Waals surface area (Å²) in [5.74, 6) is 1.14. The zero-order chi connectivity index (χ0) is 12.4. The van der Waals surface area contributed by atoms with Gasteiger partial charge in [0.15, 0.2) is 0 Å². The summed E-state index contributed by atoms with van der Waals surface area (Å²) in [6.45, 7) is 5.74. The van der Waals surface area contributed by atoms with Crippen molar-refractivity contribution in [2.24, 2.45) is 0 Å². The summed E-state index contributed by atoms with van der Waals surface area (Å²) in [7, 11) is 0. The van der Waals surface area contributed by atoms with Crippen molar-refractivity contribution in [3.05, 3.63) is 29.3 Å². The molecule has 0 radical (unpaired) electrons. The Morgan fingerprint density at radius 2 is 2.29 bits per heavy atom. The molecule has 2 N–H and O–H groups in total. The molecule has 3 nitrogen and oxygen atoms in total. The minimum atomic E-state index is 0.113. The van der Waals surface area contributed by atoms with E-state index in [1.165, 1.54) is 0 Å². The van der Waals surface area contributed by atoms with Crippen LogP contribution in [0.5, 0.6) is 0 Å². The van der Waals surface area contributed by atoms with Gasteiger partial charge in [-0.25, -0.2) is 0 Å². The number of nitrogens with two attached hydrogens (primary N) is 1. The van der Waals surface area contributed by atoms with Crippen LogP contribution in [-0.4, -0.2) is 34.9 Å². The minimum absolute atomic E-state index is 0.113. The van der Waals surface area contributed by atoms with Crippen LogP contribution < -0.4 is 5.73 Å². The molecule has 1 fully saturated rings. The van der Waals surface area contributed by atoms with Gasteiger partial charge >= 0.3 is 0 Å². The number of benzene rings is 1. The highest BCUT2D eigenvalue weighted by Gasteiger charge is 2.23. The summed E-state index contributed by atoms with van der Waals surface area (Å²) >= 11 is 1.92. The lowest BCUT2D eigenvalue weighted by atomic mass is 10.1. The van der Waals surface area contributed by atoms with E-state index in [2.05, 4.69) is 6.92 Å². The molecule has 1 unspecified atom stereocenters. The number of hydrogen-bond donors (Lipinski definition) is 1. The number of carbonyl (C=O) groups excluding carboxylic acids is 1. The fourth-order valence-corrected chi connectivity index (χ4v) is 3.07. The monoisotopic (exact) mass is 250 g/mol. The van der Waals surface area contributed by atoms with Gasteiger partial charge in [-0.1, -0.05) is 13.0 Å². The van der Waals surface area contributed by atoms with Gasteiger partial charge in [0, 0.05) is 35.3 Å². The first-order chi connectivity index (χ1) is 8.09. The molecule has 1 amide bonds. The minimum Gasteiger partial charge on any atom is -0.398 e. The molecule has 0 bridgehead atoms. The van der Waals surface area contributed by atoms with Gasteiger partial charge in [-0.15, -0.1) is 0 Å². The fraction of sp³-hybridized carbons (Fsp3) is 0.462. The van der Waals surface area contributed by atoms with Gasteiger partial charge in [-0.3, -0.25) is 4.79 Å². The number of amides is 1. The second-order valence-corrected chi connectivity index (χ2v) is 6.00. The van der Waals surface area contributed by atoms with Crippen LogP contribution in [0.25, 0.3) is 0 Å². The molecule has 0 spiro atoms. The van der Waals surface area contributed by atoms with Crippen molar-refractivity contribution in [3.63, 3.8) is 0 Å². The lowest BCUT2D eigenvalue weighted by molar-refractivity contribution is 0.0762. The first-order valence-corrected chi connectivity index (χ1v) is 6.90. The lowest BCUT2D eigenvalue weighted by Gasteiger charge is -2.31. The number of carbonyl (C=O) groups is 1. The van der Waals surface area contributed by atoms with Crippen molar-refractivity contribution in [3.8, 4) is 0 Å². The SMILES string of the molecule is Cc1c(N)cccc1C(=O)N1CCSC(C)C1. The van der Waals surface area contributed by atoms with Crippen LogP contribution in [0.4, 0.5) is 5.69 Å². The third-order valence-corrected chi connectivity index (χ3v) is 4.27. The van der Waals surface area contributed by atoms with E-state index in [4.69, 9.17) is 5.73 Å². The summed E-state index contributed by atoms with van der Waals surface area (Å²) in [5.41, 5.74) is 8.16. The second kappa shape index (κ2) is 5.00. The van der Waals surface area contributed by atoms with Crippen LogP contribution >= 0.6 is 11.8 Å². The normalized spacial score (nSPS) is 20.4. The zero-order valence-electron chi connectivity index (χ0n) is 10.3. The number of nitrogens with zero attached hydrogens (tertiary/aromatic N) is 1. The first kappa shape index (κ1) is 12.3. The Labute approximate surface area is 106 Å². The highest BCUT2D eigenvalue weighted by atomic mass is 32.2. The Bertz CT molecular complexity index is 433. The van der Waals surface area contributed by atoms with Crippen molar-refractivity contribution in [2.75, 3.05) is 24.6 Å². The average Bonchev–Trinajstić information content (AvgIpc) is 2.32. The first-order valence-electron chi connectivity index (χ1n) is 5.85. The van der Waals surface area contributed by atoms with Gasteiger partial charge in [-0.2, -0.15) is 11.8 Å². The highest BCUT2D eigenvalue weighted by molar-refractivity contribution is 7.99. The zero-order valence-corrected chi connectivity index (χ0v) is 11.1. The fourth-order valence-electron chi connectivity index (χ4n) is 2.06. The molecule has 1 aromatic rings. The smallest absolute Gasteiger partial charge is 0.254 e. The summed E-state index contributed by atoms with van der Waals surface area (Å²) in [4.78, 5) is 14.3. The number of thioether (sulfide) groups is 1. The predicted molar refractivity (Wildman–Crippen MR) is 73.4 cm³/mol. The Hall–Kier alpha value is -1.16. The molecular formula is C13H18N2OS. The van der Waals surface area contributed by atoms with E-state index < -0.39 is 0 Å². The molecule has 0 aromatic heterocycles. The highest BCUT2D eigenvalue weighted by Crippen LogP contribution is 2.22. The molecule has 2 rings (SSSR count).